The number of nitrogens with one attached hydrogen (secondary N) is 1. The summed E-state index contributed by atoms with van der Waals surface area (Å²) in [6.07, 6.45) is 1.69. The number of aliphatic hydroxyl groups is 1. The normalized spacial score (nSPS) is 16.0. The molecule has 114 valence electrons. The highest BCUT2D eigenvalue weighted by Gasteiger charge is 2.28. The van der Waals surface area contributed by atoms with Crippen LogP contribution in [0.1, 0.15) is 60.8 Å². The van der Waals surface area contributed by atoms with Gasteiger partial charge in [0.05, 0.1) is 11.6 Å². The first-order valence-corrected chi connectivity index (χ1v) is 7.20. The number of rotatable bonds is 7. The van der Waals surface area contributed by atoms with Crippen LogP contribution in [0.15, 0.2) is 0 Å². The summed E-state index contributed by atoms with van der Waals surface area (Å²) in [5, 5.41) is 12.5. The van der Waals surface area contributed by atoms with Crippen molar-refractivity contribution < 1.29 is 9.90 Å². The van der Waals surface area contributed by atoms with Crippen LogP contribution in [0.5, 0.6) is 0 Å². The van der Waals surface area contributed by atoms with Crippen molar-refractivity contribution >= 4 is 5.91 Å². The van der Waals surface area contributed by atoms with E-state index in [1.165, 1.54) is 0 Å². The van der Waals surface area contributed by atoms with Gasteiger partial charge in [0.15, 0.2) is 0 Å². The average Bonchev–Trinajstić information content (AvgIpc) is 2.21. The molecule has 4 heteroatoms. The van der Waals surface area contributed by atoms with Crippen LogP contribution < -0.4 is 11.1 Å². The van der Waals surface area contributed by atoms with Gasteiger partial charge in [-0.3, -0.25) is 4.79 Å². The van der Waals surface area contributed by atoms with Gasteiger partial charge in [-0.25, -0.2) is 0 Å². The van der Waals surface area contributed by atoms with Crippen molar-refractivity contribution in [1.29, 1.82) is 0 Å². The number of hydrogen-bond acceptors (Lipinski definition) is 3. The Morgan fingerprint density at radius 3 is 2.11 bits per heavy atom. The van der Waals surface area contributed by atoms with Gasteiger partial charge in [0.25, 0.3) is 0 Å². The molecule has 0 aliphatic heterocycles. The van der Waals surface area contributed by atoms with E-state index in [9.17, 15) is 9.90 Å². The fourth-order valence-electron chi connectivity index (χ4n) is 2.04. The minimum absolute atomic E-state index is 0.00262. The lowest BCUT2D eigenvalue weighted by Gasteiger charge is -2.32. The number of carbonyl (C=O) groups is 1. The fourth-order valence-corrected chi connectivity index (χ4v) is 2.04. The molecular weight excluding hydrogens is 240 g/mol. The molecule has 0 radical (unpaired) electrons. The molecule has 19 heavy (non-hydrogen) atoms. The molecule has 0 aliphatic rings. The van der Waals surface area contributed by atoms with Crippen LogP contribution in [-0.4, -0.2) is 29.2 Å². The standard InChI is InChI=1S/C15H32N2O2/c1-11(18)15(5,6)17-13(19)8-7-12(9-10-16)14(2,3)4/h11-12,18H,7-10,16H2,1-6H3,(H,17,19). The molecule has 0 aromatic heterocycles. The molecule has 1 amide bonds. The number of carbonyl (C=O) groups excluding carboxylic acids is 1. The summed E-state index contributed by atoms with van der Waals surface area (Å²) in [6, 6.07) is 0. The van der Waals surface area contributed by atoms with E-state index in [1.807, 2.05) is 13.8 Å². The maximum atomic E-state index is 11.9. The third kappa shape index (κ3) is 6.92. The van der Waals surface area contributed by atoms with Crippen molar-refractivity contribution in [1.82, 2.24) is 5.32 Å². The van der Waals surface area contributed by atoms with Gasteiger partial charge in [0.1, 0.15) is 0 Å². The van der Waals surface area contributed by atoms with Gasteiger partial charge in [-0.05, 0) is 51.5 Å². The van der Waals surface area contributed by atoms with Crippen molar-refractivity contribution in [3.8, 4) is 0 Å². The number of nitrogens with two attached hydrogens (primary N) is 1. The Morgan fingerprint density at radius 1 is 1.21 bits per heavy atom. The van der Waals surface area contributed by atoms with E-state index in [0.717, 1.165) is 12.8 Å². The first-order valence-electron chi connectivity index (χ1n) is 7.20. The molecule has 0 fully saturated rings. The maximum Gasteiger partial charge on any atom is 0.220 e. The molecule has 0 aliphatic carbocycles. The molecule has 0 aromatic carbocycles. The molecule has 4 N–H and O–H groups in total. The first-order chi connectivity index (χ1) is 8.50. The predicted molar refractivity (Wildman–Crippen MR) is 79.8 cm³/mol. The highest BCUT2D eigenvalue weighted by Crippen LogP contribution is 2.32. The summed E-state index contributed by atoms with van der Waals surface area (Å²) in [6.45, 7) is 12.6. The van der Waals surface area contributed by atoms with Gasteiger partial charge in [-0.15, -0.1) is 0 Å². The van der Waals surface area contributed by atoms with E-state index in [2.05, 4.69) is 26.1 Å². The van der Waals surface area contributed by atoms with Crippen LogP contribution in [0.2, 0.25) is 0 Å². The molecule has 2 unspecified atom stereocenters. The van der Waals surface area contributed by atoms with E-state index in [-0.39, 0.29) is 11.3 Å². The Balaban J connectivity index is 4.35. The second-order valence-corrected chi connectivity index (χ2v) is 7.12. The van der Waals surface area contributed by atoms with E-state index in [1.54, 1.807) is 6.92 Å². The van der Waals surface area contributed by atoms with Gasteiger partial charge in [0.2, 0.25) is 5.91 Å². The molecule has 0 bridgehead atoms. The first kappa shape index (κ1) is 18.4. The van der Waals surface area contributed by atoms with Crippen LogP contribution in [0.3, 0.4) is 0 Å². The summed E-state index contributed by atoms with van der Waals surface area (Å²) in [5.74, 6) is 0.440. The highest BCUT2D eigenvalue weighted by molar-refractivity contribution is 5.76. The number of aliphatic hydroxyl groups excluding tert-OH is 1. The maximum absolute atomic E-state index is 11.9. The van der Waals surface area contributed by atoms with Crippen LogP contribution in [-0.2, 0) is 4.79 Å². The third-order valence-electron chi connectivity index (χ3n) is 3.97. The Bertz CT molecular complexity index is 280. The summed E-state index contributed by atoms with van der Waals surface area (Å²) in [7, 11) is 0. The topological polar surface area (TPSA) is 75.3 Å². The molecular formula is C15H32N2O2. The SMILES string of the molecule is CC(O)C(C)(C)NC(=O)CCC(CCN)C(C)(C)C. The van der Waals surface area contributed by atoms with Crippen molar-refractivity contribution in [3.05, 3.63) is 0 Å². The van der Waals surface area contributed by atoms with Crippen molar-refractivity contribution in [2.45, 2.75) is 72.4 Å². The lowest BCUT2D eigenvalue weighted by atomic mass is 9.76. The molecule has 4 nitrogen and oxygen atoms in total. The zero-order valence-electron chi connectivity index (χ0n) is 13.4. The third-order valence-corrected chi connectivity index (χ3v) is 3.97. The van der Waals surface area contributed by atoms with E-state index < -0.39 is 11.6 Å². The van der Waals surface area contributed by atoms with Gasteiger partial charge in [-0.1, -0.05) is 20.8 Å². The quantitative estimate of drug-likeness (QED) is 0.664. The van der Waals surface area contributed by atoms with Crippen molar-refractivity contribution in [2.75, 3.05) is 6.54 Å². The number of hydrogen-bond donors (Lipinski definition) is 3. The largest absolute Gasteiger partial charge is 0.391 e. The average molecular weight is 272 g/mol. The monoisotopic (exact) mass is 272 g/mol. The minimum Gasteiger partial charge on any atom is -0.391 e. The zero-order chi connectivity index (χ0) is 15.3. The zero-order valence-corrected chi connectivity index (χ0v) is 13.4. The Kier molecular flexibility index (Phi) is 7.01. The van der Waals surface area contributed by atoms with E-state index >= 15 is 0 Å². The lowest BCUT2D eigenvalue weighted by Crippen LogP contribution is -2.51. The fraction of sp³-hybridized carbons (Fsp3) is 0.933. The lowest BCUT2D eigenvalue weighted by molar-refractivity contribution is -0.124. The molecule has 0 aromatic rings. The molecule has 0 rings (SSSR count). The van der Waals surface area contributed by atoms with Gasteiger partial charge in [-0.2, -0.15) is 0 Å². The van der Waals surface area contributed by atoms with Crippen molar-refractivity contribution in [2.24, 2.45) is 17.1 Å². The molecule has 0 saturated heterocycles. The number of amides is 1. The smallest absolute Gasteiger partial charge is 0.220 e. The van der Waals surface area contributed by atoms with Gasteiger partial charge >= 0.3 is 0 Å². The summed E-state index contributed by atoms with van der Waals surface area (Å²) >= 11 is 0. The molecule has 0 saturated carbocycles. The van der Waals surface area contributed by atoms with Crippen molar-refractivity contribution in [3.63, 3.8) is 0 Å². The second-order valence-electron chi connectivity index (χ2n) is 7.12. The minimum atomic E-state index is -0.581. The second kappa shape index (κ2) is 7.25. The van der Waals surface area contributed by atoms with E-state index in [0.29, 0.717) is 18.9 Å². The summed E-state index contributed by atoms with van der Waals surface area (Å²) in [5.41, 5.74) is 5.23. The van der Waals surface area contributed by atoms with Crippen LogP contribution in [0.25, 0.3) is 0 Å². The molecule has 0 heterocycles. The predicted octanol–water partition coefficient (Wildman–Crippen LogP) is 2.05. The Labute approximate surface area is 118 Å². The Hall–Kier alpha value is -0.610. The van der Waals surface area contributed by atoms with Crippen LogP contribution in [0, 0.1) is 11.3 Å². The van der Waals surface area contributed by atoms with Crippen LogP contribution >= 0.6 is 0 Å². The summed E-state index contributed by atoms with van der Waals surface area (Å²) < 4.78 is 0. The molecule has 0 spiro atoms. The van der Waals surface area contributed by atoms with Gasteiger partial charge < -0.3 is 16.2 Å². The van der Waals surface area contributed by atoms with E-state index in [4.69, 9.17) is 5.73 Å². The summed E-state index contributed by atoms with van der Waals surface area (Å²) in [4.78, 5) is 11.9. The Morgan fingerprint density at radius 2 is 1.74 bits per heavy atom. The molecule has 2 atom stereocenters. The van der Waals surface area contributed by atoms with Gasteiger partial charge in [0, 0.05) is 6.42 Å². The van der Waals surface area contributed by atoms with Crippen LogP contribution in [0.4, 0.5) is 0 Å². The highest BCUT2D eigenvalue weighted by atomic mass is 16.3.